The first-order valence-electron chi connectivity index (χ1n) is 17.5. The second kappa shape index (κ2) is 12.1. The monoisotopic (exact) mass is 639 g/mol. The van der Waals surface area contributed by atoms with Gasteiger partial charge in [0.15, 0.2) is 0 Å². The molecule has 8 aromatic carbocycles. The van der Waals surface area contributed by atoms with Gasteiger partial charge < -0.3 is 4.90 Å². The maximum absolute atomic E-state index is 2.52. The van der Waals surface area contributed by atoms with Crippen molar-refractivity contribution < 1.29 is 0 Å². The Hall–Kier alpha value is -6.18. The zero-order valence-electron chi connectivity index (χ0n) is 28.3. The van der Waals surface area contributed by atoms with Crippen molar-refractivity contribution in [3.63, 3.8) is 0 Å². The number of fused-ring (bicyclic) bond motifs is 4. The molecule has 0 N–H and O–H groups in total. The summed E-state index contributed by atoms with van der Waals surface area (Å²) >= 11 is 0. The molecule has 0 heterocycles. The molecule has 8 aromatic rings. The molecule has 0 saturated heterocycles. The summed E-state index contributed by atoms with van der Waals surface area (Å²) in [7, 11) is 0. The predicted octanol–water partition coefficient (Wildman–Crippen LogP) is 13.6. The molecule has 0 spiro atoms. The minimum atomic E-state index is -0.119. The van der Waals surface area contributed by atoms with E-state index in [4.69, 9.17) is 0 Å². The quantitative estimate of drug-likeness (QED) is 0.175. The molecule has 9 rings (SSSR count). The van der Waals surface area contributed by atoms with Gasteiger partial charge in [0.25, 0.3) is 0 Å². The molecule has 0 unspecified atom stereocenters. The summed E-state index contributed by atoms with van der Waals surface area (Å²) in [6, 6.07) is 68.7. The first-order valence-corrected chi connectivity index (χ1v) is 17.5. The van der Waals surface area contributed by atoms with Crippen LogP contribution in [0.2, 0.25) is 0 Å². The highest BCUT2D eigenvalue weighted by Crippen LogP contribution is 2.56. The summed E-state index contributed by atoms with van der Waals surface area (Å²) in [4.78, 5) is 2.52. The second-order valence-electron chi connectivity index (χ2n) is 13.7. The van der Waals surface area contributed by atoms with Crippen molar-refractivity contribution in [1.82, 2.24) is 0 Å². The Bertz CT molecular complexity index is 2510. The van der Waals surface area contributed by atoms with E-state index in [2.05, 4.69) is 207 Å². The first kappa shape index (κ1) is 29.9. The molecule has 1 nitrogen and oxygen atoms in total. The molecule has 0 amide bonds. The topological polar surface area (TPSA) is 3.24 Å². The highest BCUT2D eigenvalue weighted by atomic mass is 15.1. The first-order chi connectivity index (χ1) is 24.6. The van der Waals surface area contributed by atoms with Gasteiger partial charge in [-0.2, -0.15) is 0 Å². The standard InChI is InChI=1S/C49H37N/c1-49(2)43-27-14-13-25-42(43)48-44(49)28-16-30-46(48)50(38-32-31-34-17-9-10-22-37(34)33-38)45-29-15-26-40(36-20-7-4-8-21-36)47(45)41-24-12-11-23-39(41)35-18-5-3-6-19-35/h3-33H,1-2H3. The van der Waals surface area contributed by atoms with Crippen LogP contribution in [0.5, 0.6) is 0 Å². The zero-order chi connectivity index (χ0) is 33.7. The number of hydrogen-bond acceptors (Lipinski definition) is 1. The fraction of sp³-hybridized carbons (Fsp3) is 0.0612. The summed E-state index contributed by atoms with van der Waals surface area (Å²) < 4.78 is 0. The van der Waals surface area contributed by atoms with E-state index in [9.17, 15) is 0 Å². The van der Waals surface area contributed by atoms with Gasteiger partial charge in [-0.1, -0.05) is 178 Å². The molecule has 238 valence electrons. The van der Waals surface area contributed by atoms with E-state index in [-0.39, 0.29) is 5.41 Å². The molecule has 50 heavy (non-hydrogen) atoms. The van der Waals surface area contributed by atoms with Gasteiger partial charge in [-0.3, -0.25) is 0 Å². The molecule has 0 saturated carbocycles. The third kappa shape index (κ3) is 4.85. The van der Waals surface area contributed by atoms with Crippen LogP contribution in [0.25, 0.3) is 55.3 Å². The highest BCUT2D eigenvalue weighted by Gasteiger charge is 2.38. The van der Waals surface area contributed by atoms with Gasteiger partial charge in [-0.25, -0.2) is 0 Å². The Morgan fingerprint density at radius 3 is 1.62 bits per heavy atom. The summed E-state index contributed by atoms with van der Waals surface area (Å²) in [5, 5.41) is 2.45. The Morgan fingerprint density at radius 1 is 0.360 bits per heavy atom. The van der Waals surface area contributed by atoms with E-state index in [0.717, 1.165) is 11.4 Å². The molecular weight excluding hydrogens is 603 g/mol. The lowest BCUT2D eigenvalue weighted by molar-refractivity contribution is 0.660. The van der Waals surface area contributed by atoms with Gasteiger partial charge in [0.05, 0.1) is 11.4 Å². The van der Waals surface area contributed by atoms with Crippen LogP contribution < -0.4 is 4.90 Å². The smallest absolute Gasteiger partial charge is 0.0546 e. The lowest BCUT2D eigenvalue weighted by Gasteiger charge is -2.32. The van der Waals surface area contributed by atoms with E-state index in [0.29, 0.717) is 0 Å². The molecule has 1 aliphatic rings. The Kier molecular flexibility index (Phi) is 7.21. The molecule has 0 fully saturated rings. The minimum Gasteiger partial charge on any atom is -0.309 e. The van der Waals surface area contributed by atoms with Crippen molar-refractivity contribution in [1.29, 1.82) is 0 Å². The van der Waals surface area contributed by atoms with Crippen molar-refractivity contribution in [2.24, 2.45) is 0 Å². The van der Waals surface area contributed by atoms with Crippen LogP contribution in [0.4, 0.5) is 17.1 Å². The lowest BCUT2D eigenvalue weighted by atomic mass is 9.82. The Labute approximate surface area is 294 Å². The van der Waals surface area contributed by atoms with Gasteiger partial charge >= 0.3 is 0 Å². The fourth-order valence-electron chi connectivity index (χ4n) is 8.08. The van der Waals surface area contributed by atoms with E-state index in [1.165, 1.54) is 72.1 Å². The Balaban J connectivity index is 1.41. The molecule has 1 aliphatic carbocycles. The van der Waals surface area contributed by atoms with Crippen LogP contribution in [-0.4, -0.2) is 0 Å². The van der Waals surface area contributed by atoms with Crippen molar-refractivity contribution in [3.05, 3.63) is 199 Å². The van der Waals surface area contributed by atoms with Gasteiger partial charge in [0, 0.05) is 22.2 Å². The Morgan fingerprint density at radius 2 is 0.880 bits per heavy atom. The number of hydrogen-bond donors (Lipinski definition) is 0. The second-order valence-corrected chi connectivity index (χ2v) is 13.7. The molecule has 0 bridgehead atoms. The van der Waals surface area contributed by atoms with Crippen LogP contribution in [-0.2, 0) is 5.41 Å². The third-order valence-corrected chi connectivity index (χ3v) is 10.5. The summed E-state index contributed by atoms with van der Waals surface area (Å²) in [5.74, 6) is 0. The van der Waals surface area contributed by atoms with Gasteiger partial charge in [-0.05, 0) is 79.5 Å². The number of rotatable bonds is 6. The average Bonchev–Trinajstić information content (AvgIpc) is 3.42. The van der Waals surface area contributed by atoms with E-state index >= 15 is 0 Å². The number of nitrogens with zero attached hydrogens (tertiary/aromatic N) is 1. The number of benzene rings is 8. The minimum absolute atomic E-state index is 0.119. The van der Waals surface area contributed by atoms with Gasteiger partial charge in [0.1, 0.15) is 0 Å². The van der Waals surface area contributed by atoms with Crippen LogP contribution in [0.15, 0.2) is 188 Å². The molecule has 0 aliphatic heterocycles. The molecule has 0 atom stereocenters. The number of anilines is 3. The van der Waals surface area contributed by atoms with Crippen molar-refractivity contribution >= 4 is 27.8 Å². The SMILES string of the molecule is CC1(C)c2ccccc2-c2c(N(c3ccc4ccccc4c3)c3cccc(-c4ccccc4)c3-c3ccccc3-c3ccccc3)cccc21. The fourth-order valence-corrected chi connectivity index (χ4v) is 8.08. The summed E-state index contributed by atoms with van der Waals surface area (Å²) in [6.07, 6.45) is 0. The average molecular weight is 640 g/mol. The van der Waals surface area contributed by atoms with Gasteiger partial charge in [-0.15, -0.1) is 0 Å². The summed E-state index contributed by atoms with van der Waals surface area (Å²) in [6.45, 7) is 4.72. The van der Waals surface area contributed by atoms with Gasteiger partial charge in [0.2, 0.25) is 0 Å². The van der Waals surface area contributed by atoms with Crippen molar-refractivity contribution in [3.8, 4) is 44.5 Å². The van der Waals surface area contributed by atoms with Crippen LogP contribution in [0.3, 0.4) is 0 Å². The zero-order valence-corrected chi connectivity index (χ0v) is 28.3. The van der Waals surface area contributed by atoms with Crippen molar-refractivity contribution in [2.45, 2.75) is 19.3 Å². The van der Waals surface area contributed by atoms with Crippen LogP contribution in [0.1, 0.15) is 25.0 Å². The van der Waals surface area contributed by atoms with Crippen molar-refractivity contribution in [2.75, 3.05) is 4.90 Å². The molecule has 1 heteroatoms. The largest absolute Gasteiger partial charge is 0.309 e. The van der Waals surface area contributed by atoms with Crippen LogP contribution in [0, 0.1) is 0 Å². The highest BCUT2D eigenvalue weighted by molar-refractivity contribution is 6.04. The third-order valence-electron chi connectivity index (χ3n) is 10.5. The van der Waals surface area contributed by atoms with E-state index < -0.39 is 0 Å². The molecule has 0 radical (unpaired) electrons. The maximum atomic E-state index is 2.52. The van der Waals surface area contributed by atoms with E-state index in [1.54, 1.807) is 0 Å². The molecule has 0 aromatic heterocycles. The van der Waals surface area contributed by atoms with Crippen LogP contribution >= 0.6 is 0 Å². The normalized spacial score (nSPS) is 12.8. The molecular formula is C49H37N. The predicted molar refractivity (Wildman–Crippen MR) is 213 cm³/mol. The lowest BCUT2D eigenvalue weighted by Crippen LogP contribution is -2.16. The maximum Gasteiger partial charge on any atom is 0.0546 e. The summed E-state index contributed by atoms with van der Waals surface area (Å²) in [5.41, 5.74) is 15.9. The van der Waals surface area contributed by atoms with E-state index in [1.807, 2.05) is 0 Å².